The van der Waals surface area contributed by atoms with Crippen LogP contribution in [0, 0.1) is 5.41 Å². The monoisotopic (exact) mass is 403 g/mol. The molecule has 0 aliphatic heterocycles. The molecule has 0 fully saturated rings. The van der Waals surface area contributed by atoms with E-state index in [1.807, 2.05) is 35.1 Å². The Kier molecular flexibility index (Phi) is 5.59. The van der Waals surface area contributed by atoms with Crippen molar-refractivity contribution < 1.29 is 0 Å². The van der Waals surface area contributed by atoms with Crippen LogP contribution in [0.5, 0.6) is 0 Å². The number of halogens is 1. The highest BCUT2D eigenvalue weighted by Gasteiger charge is 2.23. The van der Waals surface area contributed by atoms with Crippen molar-refractivity contribution in [3.63, 3.8) is 0 Å². The van der Waals surface area contributed by atoms with Crippen molar-refractivity contribution >= 4 is 28.1 Å². The van der Waals surface area contributed by atoms with Gasteiger partial charge in [0.15, 0.2) is 0 Å². The zero-order valence-electron chi connectivity index (χ0n) is 16.9. The van der Waals surface area contributed by atoms with Crippen LogP contribution in [-0.4, -0.2) is 16.3 Å². The molecule has 1 atom stereocenters. The molecule has 1 unspecified atom stereocenters. The molecule has 4 rings (SSSR count). The fraction of sp³-hybridized carbons (Fsp3) is 0.240. The summed E-state index contributed by atoms with van der Waals surface area (Å²) in [6.45, 7) is 5.48. The van der Waals surface area contributed by atoms with Gasteiger partial charge in [0.25, 0.3) is 0 Å². The Morgan fingerprint density at radius 2 is 1.83 bits per heavy atom. The zero-order chi connectivity index (χ0) is 20.3. The first kappa shape index (κ1) is 19.5. The van der Waals surface area contributed by atoms with Gasteiger partial charge in [-0.05, 0) is 58.9 Å². The van der Waals surface area contributed by atoms with E-state index in [0.29, 0.717) is 5.02 Å². The number of benzene rings is 3. The van der Waals surface area contributed by atoms with Crippen LogP contribution < -0.4 is 5.32 Å². The third-order valence-corrected chi connectivity index (χ3v) is 5.95. The largest absolute Gasteiger partial charge is 0.383 e. The van der Waals surface area contributed by atoms with E-state index in [-0.39, 0.29) is 5.41 Å². The maximum atomic E-state index is 6.24. The quantitative estimate of drug-likeness (QED) is 0.370. The SMILES string of the molecule is CCC(C)(CNc1ccc(Cl)cc1-n1cccn1)Cc1ccc2ccccc2c1. The standard InChI is InChI=1S/C25H26ClN3/c1-3-25(2,17-19-9-10-20-7-4-5-8-21(20)15-19)18-27-23-12-11-22(26)16-24(23)29-14-6-13-28-29/h4-16,27H,3,17-18H2,1-2H3. The van der Waals surface area contributed by atoms with Crippen LogP contribution in [0.25, 0.3) is 16.5 Å². The topological polar surface area (TPSA) is 29.9 Å². The molecule has 1 heterocycles. The van der Waals surface area contributed by atoms with Crippen LogP contribution in [0.4, 0.5) is 5.69 Å². The van der Waals surface area contributed by atoms with Crippen molar-refractivity contribution in [2.75, 3.05) is 11.9 Å². The van der Waals surface area contributed by atoms with Crippen molar-refractivity contribution in [2.24, 2.45) is 5.41 Å². The van der Waals surface area contributed by atoms with Gasteiger partial charge in [0, 0.05) is 24.0 Å². The van der Waals surface area contributed by atoms with Crippen molar-refractivity contribution in [1.82, 2.24) is 9.78 Å². The predicted octanol–water partition coefficient (Wildman–Crippen LogP) is 6.75. The van der Waals surface area contributed by atoms with E-state index >= 15 is 0 Å². The van der Waals surface area contributed by atoms with Gasteiger partial charge in [-0.15, -0.1) is 0 Å². The van der Waals surface area contributed by atoms with E-state index in [1.54, 1.807) is 6.20 Å². The summed E-state index contributed by atoms with van der Waals surface area (Å²) in [4.78, 5) is 0. The first-order valence-electron chi connectivity index (χ1n) is 10.1. The minimum absolute atomic E-state index is 0.128. The molecule has 148 valence electrons. The highest BCUT2D eigenvalue weighted by molar-refractivity contribution is 6.30. The molecule has 0 aliphatic carbocycles. The minimum atomic E-state index is 0.128. The molecule has 0 radical (unpaired) electrons. The summed E-state index contributed by atoms with van der Waals surface area (Å²) < 4.78 is 1.85. The second-order valence-corrected chi connectivity index (χ2v) is 8.42. The molecule has 0 aliphatic rings. The summed E-state index contributed by atoms with van der Waals surface area (Å²) in [6, 6.07) is 23.2. The number of hydrogen-bond acceptors (Lipinski definition) is 2. The lowest BCUT2D eigenvalue weighted by molar-refractivity contribution is 0.331. The Labute approximate surface area is 177 Å². The van der Waals surface area contributed by atoms with Gasteiger partial charge < -0.3 is 5.32 Å². The molecular formula is C25H26ClN3. The van der Waals surface area contributed by atoms with Gasteiger partial charge in [-0.1, -0.05) is 67.9 Å². The molecule has 1 N–H and O–H groups in total. The highest BCUT2D eigenvalue weighted by Crippen LogP contribution is 2.31. The molecule has 3 aromatic carbocycles. The summed E-state index contributed by atoms with van der Waals surface area (Å²) in [7, 11) is 0. The first-order chi connectivity index (χ1) is 14.1. The number of fused-ring (bicyclic) bond motifs is 1. The summed E-state index contributed by atoms with van der Waals surface area (Å²) in [5.41, 5.74) is 3.50. The lowest BCUT2D eigenvalue weighted by atomic mass is 9.80. The molecule has 0 saturated heterocycles. The zero-order valence-corrected chi connectivity index (χ0v) is 17.7. The smallest absolute Gasteiger partial charge is 0.0891 e. The lowest BCUT2D eigenvalue weighted by Gasteiger charge is -2.30. The summed E-state index contributed by atoms with van der Waals surface area (Å²) >= 11 is 6.24. The minimum Gasteiger partial charge on any atom is -0.383 e. The maximum absolute atomic E-state index is 6.24. The van der Waals surface area contributed by atoms with Crippen LogP contribution in [0.1, 0.15) is 25.8 Å². The first-order valence-corrected chi connectivity index (χ1v) is 10.5. The van der Waals surface area contributed by atoms with Gasteiger partial charge in [-0.2, -0.15) is 5.10 Å². The molecule has 0 saturated carbocycles. The summed E-state index contributed by atoms with van der Waals surface area (Å²) in [5.74, 6) is 0. The molecule has 0 bridgehead atoms. The summed E-state index contributed by atoms with van der Waals surface area (Å²) in [6.07, 6.45) is 5.81. The van der Waals surface area contributed by atoms with Crippen molar-refractivity contribution in [3.05, 3.63) is 89.7 Å². The number of aromatic nitrogens is 2. The average Bonchev–Trinajstić information content (AvgIpc) is 3.27. The lowest BCUT2D eigenvalue weighted by Crippen LogP contribution is -2.28. The molecule has 3 nitrogen and oxygen atoms in total. The number of rotatable bonds is 7. The third-order valence-electron chi connectivity index (χ3n) is 5.71. The van der Waals surface area contributed by atoms with Gasteiger partial charge in [0.2, 0.25) is 0 Å². The molecule has 4 heteroatoms. The predicted molar refractivity (Wildman–Crippen MR) is 123 cm³/mol. The van der Waals surface area contributed by atoms with Crippen LogP contribution >= 0.6 is 11.6 Å². The number of anilines is 1. The average molecular weight is 404 g/mol. The molecular weight excluding hydrogens is 378 g/mol. The molecule has 4 aromatic rings. The van der Waals surface area contributed by atoms with Gasteiger partial charge in [0.05, 0.1) is 11.4 Å². The fourth-order valence-electron chi connectivity index (χ4n) is 3.72. The Bertz CT molecular complexity index is 1100. The van der Waals surface area contributed by atoms with Crippen LogP contribution in [0.15, 0.2) is 79.1 Å². The Hall–Kier alpha value is -2.78. The fourth-order valence-corrected chi connectivity index (χ4v) is 3.88. The van der Waals surface area contributed by atoms with Crippen LogP contribution in [-0.2, 0) is 6.42 Å². The number of nitrogens with zero attached hydrogens (tertiary/aromatic N) is 2. The summed E-state index contributed by atoms with van der Waals surface area (Å²) in [5, 5.41) is 11.3. The molecule has 0 spiro atoms. The van der Waals surface area contributed by atoms with Gasteiger partial charge in [-0.3, -0.25) is 0 Å². The Morgan fingerprint density at radius 1 is 1.00 bits per heavy atom. The van der Waals surface area contributed by atoms with Crippen LogP contribution in [0.3, 0.4) is 0 Å². The van der Waals surface area contributed by atoms with Crippen molar-refractivity contribution in [2.45, 2.75) is 26.7 Å². The van der Waals surface area contributed by atoms with Crippen LogP contribution in [0.2, 0.25) is 5.02 Å². The second kappa shape index (κ2) is 8.30. The number of nitrogens with one attached hydrogen (secondary N) is 1. The molecule has 1 aromatic heterocycles. The van der Waals surface area contributed by atoms with Gasteiger partial charge in [0.1, 0.15) is 0 Å². The van der Waals surface area contributed by atoms with Gasteiger partial charge in [-0.25, -0.2) is 4.68 Å². The van der Waals surface area contributed by atoms with E-state index < -0.39 is 0 Å². The van der Waals surface area contributed by atoms with Crippen molar-refractivity contribution in [1.29, 1.82) is 0 Å². The number of hydrogen-bond donors (Lipinski definition) is 1. The van der Waals surface area contributed by atoms with Gasteiger partial charge >= 0.3 is 0 Å². The highest BCUT2D eigenvalue weighted by atomic mass is 35.5. The second-order valence-electron chi connectivity index (χ2n) is 7.99. The van der Waals surface area contributed by atoms with E-state index in [2.05, 4.69) is 66.7 Å². The maximum Gasteiger partial charge on any atom is 0.0891 e. The molecule has 29 heavy (non-hydrogen) atoms. The normalized spacial score (nSPS) is 13.3. The van der Waals surface area contributed by atoms with E-state index in [0.717, 1.165) is 30.8 Å². The van der Waals surface area contributed by atoms with E-state index in [4.69, 9.17) is 11.6 Å². The van der Waals surface area contributed by atoms with E-state index in [1.165, 1.54) is 16.3 Å². The van der Waals surface area contributed by atoms with Crippen molar-refractivity contribution in [3.8, 4) is 5.69 Å². The molecule has 0 amide bonds. The Morgan fingerprint density at radius 3 is 2.59 bits per heavy atom. The Balaban J connectivity index is 1.54. The third kappa shape index (κ3) is 4.46. The van der Waals surface area contributed by atoms with E-state index in [9.17, 15) is 0 Å².